The molecule has 0 radical (unpaired) electrons. The van der Waals surface area contributed by atoms with Gasteiger partial charge < -0.3 is 40.9 Å². The van der Waals surface area contributed by atoms with Crippen LogP contribution in [0.2, 0.25) is 5.02 Å². The number of para-hydroxylation sites is 1. The zero-order chi connectivity index (χ0) is 32.7. The number of aryl methyl sites for hydroxylation is 1. The van der Waals surface area contributed by atoms with E-state index < -0.39 is 31.0 Å². The number of aliphatic hydroxyl groups excluding tert-OH is 5. The highest BCUT2D eigenvalue weighted by atomic mass is 35.5. The molecular weight excluding hydrogens is 610 g/mol. The van der Waals surface area contributed by atoms with E-state index in [0.717, 1.165) is 72.1 Å². The summed E-state index contributed by atoms with van der Waals surface area (Å²) >= 11 is 6.62. The Labute approximate surface area is 274 Å². The van der Waals surface area contributed by atoms with Crippen LogP contribution < -0.4 is 15.4 Å². The molecule has 1 amide bonds. The number of carbonyl (C=O) groups excluding carboxylic acids is 1. The number of nitrogens with one attached hydrogen (secondary N) is 2. The van der Waals surface area contributed by atoms with Gasteiger partial charge in [0, 0.05) is 48.0 Å². The summed E-state index contributed by atoms with van der Waals surface area (Å²) in [6.07, 6.45) is 4.16. The van der Waals surface area contributed by atoms with Crippen LogP contribution in [0.3, 0.4) is 0 Å². The molecule has 0 unspecified atom stereocenters. The Hall–Kier alpha value is -3.09. The molecule has 3 aromatic rings. The molecule has 0 saturated heterocycles. The normalized spacial score (nSPS) is 18.0. The van der Waals surface area contributed by atoms with Gasteiger partial charge in [-0.2, -0.15) is 0 Å². The Balaban J connectivity index is 1.12. The Kier molecular flexibility index (Phi) is 11.7. The summed E-state index contributed by atoms with van der Waals surface area (Å²) in [6.45, 7) is -0.449. The van der Waals surface area contributed by atoms with Crippen molar-refractivity contribution in [1.82, 2.24) is 15.6 Å². The van der Waals surface area contributed by atoms with E-state index in [-0.39, 0.29) is 24.4 Å². The first-order valence-corrected chi connectivity index (χ1v) is 16.4. The third kappa shape index (κ3) is 8.83. The second-order valence-corrected chi connectivity index (χ2v) is 12.8. The van der Waals surface area contributed by atoms with E-state index >= 15 is 0 Å². The van der Waals surface area contributed by atoms with Gasteiger partial charge in [-0.15, -0.1) is 0 Å². The second kappa shape index (κ2) is 15.7. The molecule has 10 nitrogen and oxygen atoms in total. The number of unbranched alkanes of at least 4 members (excludes halogenated alkanes) is 1. The molecule has 7 N–H and O–H groups in total. The first kappa shape index (κ1) is 34.3. The minimum Gasteiger partial charge on any atom is -0.490 e. The highest BCUT2D eigenvalue weighted by Gasteiger charge is 2.46. The summed E-state index contributed by atoms with van der Waals surface area (Å²) in [5.41, 5.74) is 5.31. The van der Waals surface area contributed by atoms with Gasteiger partial charge in [-0.1, -0.05) is 41.9 Å². The predicted octanol–water partition coefficient (Wildman–Crippen LogP) is 2.99. The molecule has 2 saturated carbocycles. The number of carbonyl (C=O) groups is 1. The standard InChI is InChI=1S/C35H44ClN3O7/c36-28-12-9-22(5-1-4-8-32(43)38-20-29(41)33(44)34(45)30(42)21-40)17-23(28)18-39-35(14-15-35)27-19-37-16-13-25(27)26-6-2-3-7-31(26)46-24-10-11-24/h2-3,6-7,9,12-13,16-17,19,24,29-30,33-34,39-42,44-45H,1,4-5,8,10-11,14-15,18,20-21H2,(H,38,43)/t29-,30+,33+,34+/m1/s1. The first-order valence-electron chi connectivity index (χ1n) is 16.0. The van der Waals surface area contributed by atoms with E-state index in [2.05, 4.69) is 33.8 Å². The predicted molar refractivity (Wildman–Crippen MR) is 174 cm³/mol. The third-order valence-electron chi connectivity index (χ3n) is 8.76. The zero-order valence-electron chi connectivity index (χ0n) is 25.8. The zero-order valence-corrected chi connectivity index (χ0v) is 26.6. The molecule has 1 heterocycles. The van der Waals surface area contributed by atoms with Crippen molar-refractivity contribution in [3.8, 4) is 16.9 Å². The number of amides is 1. The summed E-state index contributed by atoms with van der Waals surface area (Å²) in [5.74, 6) is 0.614. The quantitative estimate of drug-likeness (QED) is 0.102. The van der Waals surface area contributed by atoms with Gasteiger partial charge >= 0.3 is 0 Å². The number of aromatic nitrogens is 1. The number of hydrogen-bond acceptors (Lipinski definition) is 9. The molecule has 2 aliphatic carbocycles. The Morgan fingerprint density at radius 3 is 2.50 bits per heavy atom. The van der Waals surface area contributed by atoms with Crippen molar-refractivity contribution in [1.29, 1.82) is 0 Å². The van der Waals surface area contributed by atoms with Crippen molar-refractivity contribution < 1.29 is 35.1 Å². The summed E-state index contributed by atoms with van der Waals surface area (Å²) < 4.78 is 6.24. The fourth-order valence-electron chi connectivity index (χ4n) is 5.62. The number of ether oxygens (including phenoxy) is 1. The van der Waals surface area contributed by atoms with Gasteiger partial charge in [0.25, 0.3) is 0 Å². The van der Waals surface area contributed by atoms with Crippen LogP contribution in [-0.4, -0.2) is 80.1 Å². The average Bonchev–Trinajstić information content (AvgIpc) is 4.02. The lowest BCUT2D eigenvalue weighted by Gasteiger charge is -2.25. The Bertz CT molecular complexity index is 1470. The monoisotopic (exact) mass is 653 g/mol. The molecule has 4 atom stereocenters. The van der Waals surface area contributed by atoms with Crippen LogP contribution in [-0.2, 0) is 23.3 Å². The number of benzene rings is 2. The van der Waals surface area contributed by atoms with Gasteiger partial charge in [-0.05, 0) is 85.4 Å². The summed E-state index contributed by atoms with van der Waals surface area (Å²) in [4.78, 5) is 16.7. The smallest absolute Gasteiger partial charge is 0.220 e. The van der Waals surface area contributed by atoms with Crippen LogP contribution in [0.1, 0.15) is 61.6 Å². The summed E-state index contributed by atoms with van der Waals surface area (Å²) in [5, 5.41) is 54.9. The molecule has 2 aliphatic rings. The maximum atomic E-state index is 12.2. The maximum Gasteiger partial charge on any atom is 0.220 e. The molecule has 11 heteroatoms. The van der Waals surface area contributed by atoms with Crippen molar-refractivity contribution in [2.45, 2.75) is 94.0 Å². The highest BCUT2D eigenvalue weighted by Crippen LogP contribution is 2.50. The lowest BCUT2D eigenvalue weighted by atomic mass is 9.94. The van der Waals surface area contributed by atoms with Crippen LogP contribution in [0, 0.1) is 0 Å². The first-order chi connectivity index (χ1) is 22.2. The van der Waals surface area contributed by atoms with Crippen LogP contribution in [0.5, 0.6) is 5.75 Å². The molecule has 0 bridgehead atoms. The Morgan fingerprint density at radius 1 is 1.00 bits per heavy atom. The van der Waals surface area contributed by atoms with Gasteiger partial charge in [0.2, 0.25) is 5.91 Å². The lowest BCUT2D eigenvalue weighted by Crippen LogP contribution is -2.49. The number of hydrogen-bond donors (Lipinski definition) is 7. The Morgan fingerprint density at radius 2 is 1.76 bits per heavy atom. The molecule has 2 fully saturated rings. The van der Waals surface area contributed by atoms with Gasteiger partial charge in [0.05, 0.1) is 18.8 Å². The molecule has 5 rings (SSSR count). The van der Waals surface area contributed by atoms with Crippen molar-refractivity contribution in [3.63, 3.8) is 0 Å². The lowest BCUT2D eigenvalue weighted by molar-refractivity contribution is -0.126. The van der Waals surface area contributed by atoms with Crippen molar-refractivity contribution in [2.24, 2.45) is 0 Å². The third-order valence-corrected chi connectivity index (χ3v) is 9.13. The molecule has 46 heavy (non-hydrogen) atoms. The van der Waals surface area contributed by atoms with E-state index in [4.69, 9.17) is 21.4 Å². The number of halogens is 1. The van der Waals surface area contributed by atoms with E-state index in [0.29, 0.717) is 24.1 Å². The van der Waals surface area contributed by atoms with E-state index in [9.17, 15) is 25.2 Å². The number of pyridine rings is 1. The molecular formula is C35H44ClN3O7. The molecule has 0 aliphatic heterocycles. The van der Waals surface area contributed by atoms with E-state index in [1.807, 2.05) is 42.7 Å². The summed E-state index contributed by atoms with van der Waals surface area (Å²) in [7, 11) is 0. The fraction of sp³-hybridized carbons (Fsp3) is 0.486. The largest absolute Gasteiger partial charge is 0.490 e. The van der Waals surface area contributed by atoms with Gasteiger partial charge in [0.15, 0.2) is 0 Å². The number of rotatable bonds is 18. The van der Waals surface area contributed by atoms with E-state index in [1.165, 1.54) is 0 Å². The highest BCUT2D eigenvalue weighted by molar-refractivity contribution is 6.31. The van der Waals surface area contributed by atoms with Crippen LogP contribution in [0.15, 0.2) is 60.9 Å². The van der Waals surface area contributed by atoms with Gasteiger partial charge in [0.1, 0.15) is 24.1 Å². The summed E-state index contributed by atoms with van der Waals surface area (Å²) in [6, 6.07) is 16.3. The van der Waals surface area contributed by atoms with E-state index in [1.54, 1.807) is 0 Å². The van der Waals surface area contributed by atoms with Crippen LogP contribution in [0.25, 0.3) is 11.1 Å². The second-order valence-electron chi connectivity index (χ2n) is 12.4. The minimum atomic E-state index is -1.73. The minimum absolute atomic E-state index is 0.191. The van der Waals surface area contributed by atoms with Gasteiger partial charge in [-0.3, -0.25) is 9.78 Å². The maximum absolute atomic E-state index is 12.2. The van der Waals surface area contributed by atoms with Crippen LogP contribution >= 0.6 is 11.6 Å². The average molecular weight is 654 g/mol. The number of nitrogens with zero attached hydrogens (tertiary/aromatic N) is 1. The molecule has 2 aromatic carbocycles. The molecule has 248 valence electrons. The van der Waals surface area contributed by atoms with Crippen LogP contribution in [0.4, 0.5) is 0 Å². The van der Waals surface area contributed by atoms with Crippen molar-refractivity contribution in [2.75, 3.05) is 13.2 Å². The van der Waals surface area contributed by atoms with Crippen molar-refractivity contribution in [3.05, 3.63) is 82.6 Å². The topological polar surface area (TPSA) is 164 Å². The van der Waals surface area contributed by atoms with Crippen molar-refractivity contribution >= 4 is 17.5 Å². The molecule has 1 aromatic heterocycles. The number of aliphatic hydroxyl groups is 5. The van der Waals surface area contributed by atoms with Gasteiger partial charge in [-0.25, -0.2) is 0 Å². The SMILES string of the molecule is O=C(CCCCc1ccc(Cl)c(CNC2(c3cnccc3-c3ccccc3OC3CC3)CC2)c1)NC[C@@H](O)[C@H](O)[C@@H](O)[C@@H](O)CO. The fourth-order valence-corrected chi connectivity index (χ4v) is 5.81. The molecule has 0 spiro atoms.